The number of nitrogens with one attached hydrogen (secondary N) is 1. The van der Waals surface area contributed by atoms with E-state index in [9.17, 15) is 18.4 Å². The van der Waals surface area contributed by atoms with E-state index in [0.717, 1.165) is 21.6 Å². The van der Waals surface area contributed by atoms with Gasteiger partial charge in [-0.15, -0.1) is 0 Å². The third kappa shape index (κ3) is 4.91. The second kappa shape index (κ2) is 9.35. The summed E-state index contributed by atoms with van der Waals surface area (Å²) in [5.74, 6) is -4.38. The molecule has 9 heteroatoms. The molecule has 3 heterocycles. The molecule has 2 aromatic heterocycles. The molecule has 0 spiro atoms. The second-order valence-corrected chi connectivity index (χ2v) is 8.11. The number of nitriles is 1. The lowest BCUT2D eigenvalue weighted by Gasteiger charge is -2.19. The summed E-state index contributed by atoms with van der Waals surface area (Å²) in [6, 6.07) is 11.3. The SMILES string of the molecule is CC(=Cc1ccc2nccc(C(=O)NCC(=O)N3CC(F)(F)CC3C#N)c2c1)c1cccnc1. The zero-order valence-electron chi connectivity index (χ0n) is 18.3. The molecule has 1 fully saturated rings. The second-order valence-electron chi connectivity index (χ2n) is 8.11. The molecule has 1 unspecified atom stereocenters. The fraction of sp³-hybridized carbons (Fsp3) is 0.240. The van der Waals surface area contributed by atoms with Gasteiger partial charge in [0, 0.05) is 30.4 Å². The van der Waals surface area contributed by atoms with Gasteiger partial charge in [0.1, 0.15) is 6.04 Å². The van der Waals surface area contributed by atoms with Crippen molar-refractivity contribution < 1.29 is 18.4 Å². The lowest BCUT2D eigenvalue weighted by Crippen LogP contribution is -2.43. The van der Waals surface area contributed by atoms with Crippen molar-refractivity contribution in [3.63, 3.8) is 0 Å². The highest BCUT2D eigenvalue weighted by atomic mass is 19.3. The highest BCUT2D eigenvalue weighted by Crippen LogP contribution is 2.31. The molecule has 34 heavy (non-hydrogen) atoms. The molecule has 1 aliphatic heterocycles. The Balaban J connectivity index is 1.53. The Hall–Kier alpha value is -4.19. The number of nitrogens with zero attached hydrogens (tertiary/aromatic N) is 4. The molecule has 0 saturated carbocycles. The minimum Gasteiger partial charge on any atom is -0.343 e. The van der Waals surface area contributed by atoms with Gasteiger partial charge in [-0.1, -0.05) is 18.2 Å². The maximum absolute atomic E-state index is 13.6. The van der Waals surface area contributed by atoms with Gasteiger partial charge in [-0.25, -0.2) is 8.78 Å². The molecule has 3 aromatic rings. The highest BCUT2D eigenvalue weighted by Gasteiger charge is 2.47. The summed E-state index contributed by atoms with van der Waals surface area (Å²) in [5.41, 5.74) is 3.70. The number of halogens is 2. The average Bonchev–Trinajstić information content (AvgIpc) is 3.17. The Kier molecular flexibility index (Phi) is 6.32. The molecule has 1 saturated heterocycles. The first kappa shape index (κ1) is 23.0. The number of carbonyl (C=O) groups excluding carboxylic acids is 2. The average molecular weight is 461 g/mol. The molecule has 0 aliphatic carbocycles. The topological polar surface area (TPSA) is 99.0 Å². The van der Waals surface area contributed by atoms with Crippen LogP contribution < -0.4 is 5.32 Å². The largest absolute Gasteiger partial charge is 0.343 e. The summed E-state index contributed by atoms with van der Waals surface area (Å²) < 4.78 is 27.2. The number of rotatable bonds is 5. The van der Waals surface area contributed by atoms with Crippen molar-refractivity contribution in [1.82, 2.24) is 20.2 Å². The third-order valence-corrected chi connectivity index (χ3v) is 5.65. The number of carbonyl (C=O) groups is 2. The lowest BCUT2D eigenvalue weighted by atomic mass is 10.0. The Morgan fingerprint density at radius 2 is 2.12 bits per heavy atom. The van der Waals surface area contributed by atoms with Gasteiger partial charge in [-0.3, -0.25) is 19.6 Å². The van der Waals surface area contributed by atoms with Crippen LogP contribution in [-0.2, 0) is 4.79 Å². The van der Waals surface area contributed by atoms with Gasteiger partial charge in [0.15, 0.2) is 0 Å². The first-order valence-corrected chi connectivity index (χ1v) is 10.6. The van der Waals surface area contributed by atoms with E-state index >= 15 is 0 Å². The number of allylic oxidation sites excluding steroid dienone is 1. The van der Waals surface area contributed by atoms with Crippen molar-refractivity contribution in [3.8, 4) is 6.07 Å². The van der Waals surface area contributed by atoms with Gasteiger partial charge in [0.05, 0.1) is 30.2 Å². The molecule has 1 aromatic carbocycles. The Morgan fingerprint density at radius 1 is 1.29 bits per heavy atom. The summed E-state index contributed by atoms with van der Waals surface area (Å²) >= 11 is 0. The predicted molar refractivity (Wildman–Crippen MR) is 123 cm³/mol. The fourth-order valence-electron chi connectivity index (χ4n) is 3.93. The summed E-state index contributed by atoms with van der Waals surface area (Å²) in [6.45, 7) is 0.640. The highest BCUT2D eigenvalue weighted by molar-refractivity contribution is 6.07. The molecule has 2 amide bonds. The third-order valence-electron chi connectivity index (χ3n) is 5.65. The minimum atomic E-state index is -3.11. The standard InChI is InChI=1S/C25H21F2N5O2/c1-16(18-3-2-7-29-13-18)9-17-4-5-22-21(10-17)20(6-8-30-22)24(34)31-14-23(33)32-15-25(26,27)11-19(32)12-28/h2-10,13,19H,11,14-15H2,1H3,(H,31,34). The van der Waals surface area contributed by atoms with E-state index in [2.05, 4.69) is 15.3 Å². The van der Waals surface area contributed by atoms with Crippen LogP contribution in [0.5, 0.6) is 0 Å². The Labute approximate surface area is 194 Å². The normalized spacial score (nSPS) is 17.4. The zero-order chi connectivity index (χ0) is 24.3. The van der Waals surface area contributed by atoms with Gasteiger partial charge in [-0.2, -0.15) is 5.26 Å². The van der Waals surface area contributed by atoms with E-state index in [1.807, 2.05) is 37.3 Å². The molecular formula is C25H21F2N5O2. The van der Waals surface area contributed by atoms with Crippen LogP contribution in [0, 0.1) is 11.3 Å². The first-order chi connectivity index (χ1) is 16.3. The van der Waals surface area contributed by atoms with E-state index in [0.29, 0.717) is 16.5 Å². The van der Waals surface area contributed by atoms with E-state index < -0.39 is 43.3 Å². The fourth-order valence-corrected chi connectivity index (χ4v) is 3.93. The maximum Gasteiger partial charge on any atom is 0.268 e. The number of pyridine rings is 2. The quantitative estimate of drug-likeness (QED) is 0.625. The van der Waals surface area contributed by atoms with E-state index in [1.165, 1.54) is 12.3 Å². The zero-order valence-corrected chi connectivity index (χ0v) is 18.3. The van der Waals surface area contributed by atoms with Crippen LogP contribution >= 0.6 is 0 Å². The summed E-state index contributed by atoms with van der Waals surface area (Å²) in [4.78, 5) is 34.5. The van der Waals surface area contributed by atoms with Gasteiger partial charge < -0.3 is 10.2 Å². The smallest absolute Gasteiger partial charge is 0.268 e. The number of fused-ring (bicyclic) bond motifs is 1. The molecule has 1 aliphatic rings. The molecular weight excluding hydrogens is 440 g/mol. The van der Waals surface area contributed by atoms with Crippen molar-refractivity contribution >= 4 is 34.4 Å². The predicted octanol–water partition coefficient (Wildman–Crippen LogP) is 3.68. The van der Waals surface area contributed by atoms with Crippen LogP contribution in [0.25, 0.3) is 22.6 Å². The maximum atomic E-state index is 13.6. The Bertz CT molecular complexity index is 1320. The van der Waals surface area contributed by atoms with Crippen molar-refractivity contribution in [2.24, 2.45) is 0 Å². The van der Waals surface area contributed by atoms with Crippen molar-refractivity contribution in [2.75, 3.05) is 13.1 Å². The number of likely N-dealkylation sites (tertiary alicyclic amines) is 1. The van der Waals surface area contributed by atoms with Crippen LogP contribution in [-0.4, -0.2) is 51.7 Å². The number of benzene rings is 1. The van der Waals surface area contributed by atoms with Gasteiger partial charge in [-0.05, 0) is 47.9 Å². The molecule has 7 nitrogen and oxygen atoms in total. The minimum absolute atomic E-state index is 0.302. The van der Waals surface area contributed by atoms with E-state index in [1.54, 1.807) is 24.5 Å². The molecule has 1 N–H and O–H groups in total. The monoisotopic (exact) mass is 461 g/mol. The van der Waals surface area contributed by atoms with Gasteiger partial charge in [0.2, 0.25) is 5.91 Å². The van der Waals surface area contributed by atoms with Crippen LogP contribution in [0.4, 0.5) is 8.78 Å². The first-order valence-electron chi connectivity index (χ1n) is 10.6. The van der Waals surface area contributed by atoms with Crippen LogP contribution in [0.2, 0.25) is 0 Å². The number of amides is 2. The molecule has 172 valence electrons. The van der Waals surface area contributed by atoms with Crippen LogP contribution in [0.15, 0.2) is 55.0 Å². The summed E-state index contributed by atoms with van der Waals surface area (Å²) in [5, 5.41) is 12.1. The van der Waals surface area contributed by atoms with Crippen molar-refractivity contribution in [1.29, 1.82) is 5.26 Å². The number of hydrogen-bond donors (Lipinski definition) is 1. The molecule has 4 rings (SSSR count). The number of hydrogen-bond acceptors (Lipinski definition) is 5. The number of aromatic nitrogens is 2. The summed E-state index contributed by atoms with van der Waals surface area (Å²) in [6.07, 6.45) is 6.21. The van der Waals surface area contributed by atoms with E-state index in [4.69, 9.17) is 5.26 Å². The lowest BCUT2D eigenvalue weighted by molar-refractivity contribution is -0.131. The van der Waals surface area contributed by atoms with Gasteiger partial charge >= 0.3 is 0 Å². The van der Waals surface area contributed by atoms with Crippen molar-refractivity contribution in [2.45, 2.75) is 25.3 Å². The summed E-state index contributed by atoms with van der Waals surface area (Å²) in [7, 11) is 0. The van der Waals surface area contributed by atoms with Crippen LogP contribution in [0.3, 0.4) is 0 Å². The Morgan fingerprint density at radius 3 is 2.85 bits per heavy atom. The molecule has 0 radical (unpaired) electrons. The molecule has 0 bridgehead atoms. The van der Waals surface area contributed by atoms with Gasteiger partial charge in [0.25, 0.3) is 11.8 Å². The number of alkyl halides is 2. The van der Waals surface area contributed by atoms with E-state index in [-0.39, 0.29) is 0 Å². The van der Waals surface area contributed by atoms with Crippen LogP contribution in [0.1, 0.15) is 34.8 Å². The van der Waals surface area contributed by atoms with Crippen molar-refractivity contribution in [3.05, 3.63) is 71.7 Å². The molecule has 1 atom stereocenters.